The molecular weight excluding hydrogens is 348 g/mol. The maximum absolute atomic E-state index is 12.7. The Labute approximate surface area is 137 Å². The molecule has 1 aromatic carbocycles. The summed E-state index contributed by atoms with van der Waals surface area (Å²) in [5.41, 5.74) is 1.14. The van der Waals surface area contributed by atoms with Crippen LogP contribution in [0.4, 0.5) is 0 Å². The van der Waals surface area contributed by atoms with Crippen molar-refractivity contribution in [3.8, 4) is 0 Å². The fraction of sp³-hybridized carbons (Fsp3) is 0.647. The van der Waals surface area contributed by atoms with Crippen LogP contribution in [-0.4, -0.2) is 19.5 Å². The molecule has 0 saturated heterocycles. The van der Waals surface area contributed by atoms with Crippen molar-refractivity contribution in [3.05, 3.63) is 29.8 Å². The molecule has 21 heavy (non-hydrogen) atoms. The first-order chi connectivity index (χ1) is 9.69. The van der Waals surface area contributed by atoms with Crippen LogP contribution in [0.5, 0.6) is 0 Å². The summed E-state index contributed by atoms with van der Waals surface area (Å²) >= 11 is 3.53. The highest BCUT2D eigenvalue weighted by Crippen LogP contribution is 2.41. The van der Waals surface area contributed by atoms with Gasteiger partial charge in [0.2, 0.25) is 0 Å². The van der Waals surface area contributed by atoms with Gasteiger partial charge in [-0.3, -0.25) is 0 Å². The number of alkyl halides is 1. The third-order valence-corrected chi connectivity index (χ3v) is 7.70. The van der Waals surface area contributed by atoms with Crippen LogP contribution in [0, 0.1) is 5.41 Å². The summed E-state index contributed by atoms with van der Waals surface area (Å²) in [5, 5.41) is 0.777. The van der Waals surface area contributed by atoms with E-state index in [4.69, 9.17) is 0 Å². The highest BCUT2D eigenvalue weighted by molar-refractivity contribution is 9.09. The Morgan fingerprint density at radius 3 is 2.05 bits per heavy atom. The third-order valence-electron chi connectivity index (χ3n) is 4.52. The summed E-state index contributed by atoms with van der Waals surface area (Å²) in [6, 6.07) is 7.43. The molecule has 1 saturated carbocycles. The monoisotopic (exact) mass is 372 g/mol. The molecule has 0 atom stereocenters. The minimum atomic E-state index is -3.21. The van der Waals surface area contributed by atoms with Gasteiger partial charge in [0.1, 0.15) is 0 Å². The average Bonchev–Trinajstić information content (AvgIpc) is 2.86. The fourth-order valence-corrected chi connectivity index (χ4v) is 6.03. The topological polar surface area (TPSA) is 34.1 Å². The van der Waals surface area contributed by atoms with Gasteiger partial charge in [-0.05, 0) is 41.4 Å². The molecule has 0 heterocycles. The lowest BCUT2D eigenvalue weighted by atomic mass is 9.87. The van der Waals surface area contributed by atoms with E-state index >= 15 is 0 Å². The van der Waals surface area contributed by atoms with Gasteiger partial charge in [-0.2, -0.15) is 0 Å². The second-order valence-electron chi connectivity index (χ2n) is 7.37. The van der Waals surface area contributed by atoms with Crippen LogP contribution < -0.4 is 0 Å². The van der Waals surface area contributed by atoms with Crippen molar-refractivity contribution in [3.63, 3.8) is 0 Å². The second kappa shape index (κ2) is 6.04. The molecule has 0 amide bonds. The predicted octanol–water partition coefficient (Wildman–Crippen LogP) is 4.71. The number of sulfone groups is 1. The largest absolute Gasteiger partial charge is 0.224 e. The first-order valence-electron chi connectivity index (χ1n) is 7.58. The standard InChI is InChI=1S/C17H25BrO2S/c1-16(2,3)14-6-8-15(9-7-14)21(19,20)13-17(12-18)10-4-5-11-17/h6-9H,4-5,10-13H2,1-3H3. The van der Waals surface area contributed by atoms with E-state index in [1.54, 1.807) is 12.1 Å². The van der Waals surface area contributed by atoms with E-state index in [9.17, 15) is 8.42 Å². The number of halogens is 1. The van der Waals surface area contributed by atoms with Crippen molar-refractivity contribution >= 4 is 25.8 Å². The van der Waals surface area contributed by atoms with Gasteiger partial charge in [0.15, 0.2) is 9.84 Å². The Morgan fingerprint density at radius 2 is 1.62 bits per heavy atom. The SMILES string of the molecule is CC(C)(C)c1ccc(S(=O)(=O)CC2(CBr)CCCC2)cc1. The first-order valence-corrected chi connectivity index (χ1v) is 10.4. The molecule has 0 N–H and O–H groups in total. The molecule has 1 aliphatic rings. The molecule has 2 rings (SSSR count). The van der Waals surface area contributed by atoms with E-state index in [1.165, 1.54) is 0 Å². The van der Waals surface area contributed by atoms with Crippen LogP contribution in [0.3, 0.4) is 0 Å². The van der Waals surface area contributed by atoms with Crippen LogP contribution in [0.15, 0.2) is 29.2 Å². The van der Waals surface area contributed by atoms with Gasteiger partial charge in [0.25, 0.3) is 0 Å². The second-order valence-corrected chi connectivity index (χ2v) is 9.92. The van der Waals surface area contributed by atoms with Gasteiger partial charge in [-0.1, -0.05) is 61.7 Å². The zero-order valence-corrected chi connectivity index (χ0v) is 15.6. The van der Waals surface area contributed by atoms with Crippen LogP contribution in [0.1, 0.15) is 52.0 Å². The Morgan fingerprint density at radius 1 is 1.10 bits per heavy atom. The summed E-state index contributed by atoms with van der Waals surface area (Å²) in [7, 11) is -3.21. The van der Waals surface area contributed by atoms with Crippen LogP contribution >= 0.6 is 15.9 Å². The van der Waals surface area contributed by atoms with Crippen molar-refractivity contribution in [2.24, 2.45) is 5.41 Å². The van der Waals surface area contributed by atoms with Crippen LogP contribution in [-0.2, 0) is 15.3 Å². The van der Waals surface area contributed by atoms with Gasteiger partial charge in [0.05, 0.1) is 10.6 Å². The number of rotatable bonds is 4. The predicted molar refractivity (Wildman–Crippen MR) is 91.9 cm³/mol. The summed E-state index contributed by atoms with van der Waals surface area (Å²) in [5.74, 6) is 0.264. The molecule has 0 aliphatic heterocycles. The zero-order chi connectivity index (χ0) is 15.7. The van der Waals surface area contributed by atoms with E-state index < -0.39 is 9.84 Å². The number of hydrogen-bond donors (Lipinski definition) is 0. The van der Waals surface area contributed by atoms with Gasteiger partial charge >= 0.3 is 0 Å². The van der Waals surface area contributed by atoms with Gasteiger partial charge in [-0.25, -0.2) is 8.42 Å². The average molecular weight is 373 g/mol. The smallest absolute Gasteiger partial charge is 0.178 e. The molecule has 0 spiro atoms. The fourth-order valence-electron chi connectivity index (χ4n) is 3.09. The maximum Gasteiger partial charge on any atom is 0.178 e. The molecular formula is C17H25BrO2S. The molecule has 0 bridgehead atoms. The molecule has 1 aromatic rings. The minimum Gasteiger partial charge on any atom is -0.224 e. The molecule has 118 valence electrons. The number of hydrogen-bond acceptors (Lipinski definition) is 2. The Balaban J connectivity index is 2.24. The van der Waals surface area contributed by atoms with Crippen LogP contribution in [0.2, 0.25) is 0 Å². The molecule has 1 fully saturated rings. The van der Waals surface area contributed by atoms with E-state index in [0.717, 1.165) is 36.6 Å². The number of benzene rings is 1. The molecule has 0 aromatic heterocycles. The van der Waals surface area contributed by atoms with Crippen molar-refractivity contribution in [2.75, 3.05) is 11.1 Å². The van der Waals surface area contributed by atoms with Gasteiger partial charge < -0.3 is 0 Å². The van der Waals surface area contributed by atoms with E-state index in [0.29, 0.717) is 4.90 Å². The molecule has 2 nitrogen and oxygen atoms in total. The van der Waals surface area contributed by atoms with E-state index in [-0.39, 0.29) is 16.6 Å². The quantitative estimate of drug-likeness (QED) is 0.716. The lowest BCUT2D eigenvalue weighted by Crippen LogP contribution is -2.29. The van der Waals surface area contributed by atoms with Gasteiger partial charge in [-0.15, -0.1) is 0 Å². The molecule has 4 heteroatoms. The molecule has 0 radical (unpaired) electrons. The van der Waals surface area contributed by atoms with Crippen molar-refractivity contribution in [1.29, 1.82) is 0 Å². The minimum absolute atomic E-state index is 0.0465. The maximum atomic E-state index is 12.7. The van der Waals surface area contributed by atoms with Crippen LogP contribution in [0.25, 0.3) is 0 Å². The Kier molecular flexibility index (Phi) is 4.89. The molecule has 1 aliphatic carbocycles. The van der Waals surface area contributed by atoms with Crippen molar-refractivity contribution in [1.82, 2.24) is 0 Å². The van der Waals surface area contributed by atoms with Gasteiger partial charge in [0, 0.05) is 5.33 Å². The van der Waals surface area contributed by atoms with E-state index in [2.05, 4.69) is 36.7 Å². The Bertz CT molecular complexity index is 576. The third kappa shape index (κ3) is 3.89. The van der Waals surface area contributed by atoms with Crippen molar-refractivity contribution in [2.45, 2.75) is 56.8 Å². The lowest BCUT2D eigenvalue weighted by Gasteiger charge is -2.26. The summed E-state index contributed by atoms with van der Waals surface area (Å²) in [6.07, 6.45) is 4.31. The van der Waals surface area contributed by atoms with E-state index in [1.807, 2.05) is 12.1 Å². The normalized spacial score (nSPS) is 18.9. The first kappa shape index (κ1) is 17.0. The summed E-state index contributed by atoms with van der Waals surface area (Å²) < 4.78 is 25.4. The summed E-state index contributed by atoms with van der Waals surface area (Å²) in [6.45, 7) is 6.40. The molecule has 0 unspecified atom stereocenters. The summed E-state index contributed by atoms with van der Waals surface area (Å²) in [4.78, 5) is 0.461. The highest BCUT2D eigenvalue weighted by atomic mass is 79.9. The van der Waals surface area contributed by atoms with Crippen molar-refractivity contribution < 1.29 is 8.42 Å². The zero-order valence-electron chi connectivity index (χ0n) is 13.2. The highest BCUT2D eigenvalue weighted by Gasteiger charge is 2.37. The lowest BCUT2D eigenvalue weighted by molar-refractivity contribution is 0.394. The Hall–Kier alpha value is -0.350.